The van der Waals surface area contributed by atoms with E-state index in [9.17, 15) is 60.0 Å². The number of thiophene rings is 1. The minimum atomic E-state index is -4.64. The van der Waals surface area contributed by atoms with Gasteiger partial charge in [0.1, 0.15) is 8.42 Å². The predicted molar refractivity (Wildman–Crippen MR) is 217 cm³/mol. The van der Waals surface area contributed by atoms with E-state index < -0.39 is 138 Å². The molecule has 23 nitrogen and oxygen atoms in total. The van der Waals surface area contributed by atoms with Gasteiger partial charge in [-0.2, -0.15) is 0 Å². The number of sulfone groups is 1. The van der Waals surface area contributed by atoms with E-state index in [-0.39, 0.29) is 22.6 Å². The molecule has 360 valence electrons. The Morgan fingerprint density at radius 3 is 1.31 bits per heavy atom. The molecule has 0 radical (unpaired) electrons. The summed E-state index contributed by atoms with van der Waals surface area (Å²) in [5.41, 5.74) is 0.251. The molecule has 26 heteroatoms. The molecule has 2 heterocycles. The van der Waals surface area contributed by atoms with Crippen LogP contribution in [0.3, 0.4) is 0 Å². The third-order valence-electron chi connectivity index (χ3n) is 8.89. The van der Waals surface area contributed by atoms with Gasteiger partial charge in [0.25, 0.3) is 15.9 Å². The molecular weight excluding hydrogens is 917 g/mol. The van der Waals surface area contributed by atoms with Crippen LogP contribution in [-0.4, -0.2) is 131 Å². The van der Waals surface area contributed by atoms with Crippen molar-refractivity contribution in [3.05, 3.63) is 11.6 Å². The van der Waals surface area contributed by atoms with Crippen molar-refractivity contribution in [2.75, 3.05) is 6.54 Å². The van der Waals surface area contributed by atoms with Crippen molar-refractivity contribution in [2.45, 2.75) is 164 Å². The molecular formula is C38H54N2O21S3. The third kappa shape index (κ3) is 15.2. The van der Waals surface area contributed by atoms with Crippen LogP contribution >= 0.6 is 11.3 Å². The van der Waals surface area contributed by atoms with Gasteiger partial charge in [0.2, 0.25) is 0 Å². The fourth-order valence-electron chi connectivity index (χ4n) is 5.18. The first-order valence-corrected chi connectivity index (χ1v) is 23.7. The summed E-state index contributed by atoms with van der Waals surface area (Å²) in [7, 11) is -8.47. The van der Waals surface area contributed by atoms with Gasteiger partial charge < -0.3 is 43.2 Å². The SMILES string of the molecule is CCCC(=O)OC(C)C(=O)OC(C)C(=O)OC(C)C(=O)OC(C)C(=O)OC(C)C(=O)OC(C)C(=O)OC(C)C(=O)OC(C)C(=O)NS(=O)(=O)c1cc2c(s1)S(=O)(=O)[C@@H](C)C[C@@H]2NCC. The van der Waals surface area contributed by atoms with E-state index in [0.29, 0.717) is 24.3 Å². The maximum atomic E-state index is 13.1. The molecule has 0 bridgehead atoms. The number of sulfonamides is 1. The Morgan fingerprint density at radius 2 is 0.969 bits per heavy atom. The summed E-state index contributed by atoms with van der Waals surface area (Å²) in [4.78, 5) is 112. The number of rotatable bonds is 22. The lowest BCUT2D eigenvalue weighted by Crippen LogP contribution is -2.42. The molecule has 2 rings (SSSR count). The van der Waals surface area contributed by atoms with Gasteiger partial charge in [-0.05, 0) is 87.8 Å². The van der Waals surface area contributed by atoms with Gasteiger partial charge >= 0.3 is 47.8 Å². The van der Waals surface area contributed by atoms with Crippen LogP contribution in [-0.2, 0) is 101 Å². The number of nitrogens with one attached hydrogen (secondary N) is 2. The third-order valence-corrected chi connectivity index (χ3v) is 14.6. The number of hydrogen-bond donors (Lipinski definition) is 2. The molecule has 1 amide bonds. The van der Waals surface area contributed by atoms with Crippen molar-refractivity contribution >= 4 is 84.9 Å². The summed E-state index contributed by atoms with van der Waals surface area (Å²) in [5, 5.41) is 2.33. The molecule has 1 aliphatic rings. The largest absolute Gasteiger partial charge is 0.451 e. The lowest BCUT2D eigenvalue weighted by Gasteiger charge is -2.27. The summed E-state index contributed by atoms with van der Waals surface area (Å²) in [5.74, 6) is -10.6. The van der Waals surface area contributed by atoms with Gasteiger partial charge in [0.05, 0.1) is 5.25 Å². The highest BCUT2D eigenvalue weighted by Gasteiger charge is 2.40. The standard InChI is InChI=1S/C38H54N2O21S3/c1-12-14-28(41)54-19(5)31(43)56-21(7)33(45)58-23(9)35(47)60-25(11)37(49)61-24(10)36(48)59-22(8)34(46)57-20(6)32(44)55-18(4)30(42)40-64(52,53)29-16-26-27(39-13-2)15-17(3)63(50,51)38(26)62-29/h16-25,27,39H,12-15H2,1-11H3,(H,40,42)/t17-,18?,19?,20?,21?,22?,23?,24?,25?,27-/m0/s1. The van der Waals surface area contributed by atoms with Crippen molar-refractivity contribution in [3.8, 4) is 0 Å². The molecule has 1 aromatic rings. The second kappa shape index (κ2) is 23.6. The van der Waals surface area contributed by atoms with Gasteiger partial charge in [-0.15, -0.1) is 11.3 Å². The number of ether oxygens (including phenoxy) is 8. The minimum Gasteiger partial charge on any atom is -0.451 e. The predicted octanol–water partition coefficient (Wildman–Crippen LogP) is 1.02. The van der Waals surface area contributed by atoms with Crippen LogP contribution in [0.4, 0.5) is 0 Å². The molecule has 10 atom stereocenters. The topological polar surface area (TPSA) is 320 Å². The van der Waals surface area contributed by atoms with E-state index in [0.717, 1.165) is 48.5 Å². The molecule has 0 saturated heterocycles. The van der Waals surface area contributed by atoms with E-state index in [1.807, 2.05) is 0 Å². The highest BCUT2D eigenvalue weighted by atomic mass is 32.3. The zero-order valence-electron chi connectivity index (χ0n) is 37.0. The Morgan fingerprint density at radius 1 is 0.625 bits per heavy atom. The van der Waals surface area contributed by atoms with Crippen LogP contribution < -0.4 is 10.0 Å². The number of amides is 1. The number of carbonyl (C=O) groups excluding carboxylic acids is 9. The second-order valence-corrected chi connectivity index (χ2v) is 19.9. The minimum absolute atomic E-state index is 0.0622. The fourth-order valence-corrected chi connectivity index (χ4v) is 10.2. The van der Waals surface area contributed by atoms with Gasteiger partial charge in [-0.1, -0.05) is 13.8 Å². The second-order valence-electron chi connectivity index (χ2n) is 14.4. The van der Waals surface area contributed by atoms with Gasteiger partial charge in [0.15, 0.2) is 58.7 Å². The average molecular weight is 971 g/mol. The summed E-state index contributed by atoms with van der Waals surface area (Å²) >= 11 is 0.476. The Hall–Kier alpha value is -5.21. The van der Waals surface area contributed by atoms with Gasteiger partial charge in [-0.3, -0.25) is 9.59 Å². The summed E-state index contributed by atoms with van der Waals surface area (Å²) < 4.78 is 92.6. The van der Waals surface area contributed by atoms with Crippen molar-refractivity contribution in [1.29, 1.82) is 0 Å². The molecule has 64 heavy (non-hydrogen) atoms. The van der Waals surface area contributed by atoms with Crippen LogP contribution in [0.15, 0.2) is 14.5 Å². The average Bonchev–Trinajstić information content (AvgIpc) is 3.68. The summed E-state index contributed by atoms with van der Waals surface area (Å²) in [6.45, 7) is 14.2. The Balaban J connectivity index is 1.85. The molecule has 0 saturated carbocycles. The van der Waals surface area contributed by atoms with Crippen LogP contribution in [0.2, 0.25) is 0 Å². The van der Waals surface area contributed by atoms with Crippen LogP contribution in [0.1, 0.15) is 107 Å². The molecule has 0 fully saturated rings. The van der Waals surface area contributed by atoms with Crippen molar-refractivity contribution in [3.63, 3.8) is 0 Å². The van der Waals surface area contributed by atoms with Crippen molar-refractivity contribution in [2.24, 2.45) is 0 Å². The van der Waals surface area contributed by atoms with Gasteiger partial charge in [0, 0.05) is 18.0 Å². The molecule has 0 aromatic carbocycles. The lowest BCUT2D eigenvalue weighted by molar-refractivity contribution is -0.189. The summed E-state index contributed by atoms with van der Waals surface area (Å²) in [6.07, 6.45) is -12.3. The van der Waals surface area contributed by atoms with Crippen LogP contribution in [0.25, 0.3) is 0 Å². The smallest absolute Gasteiger partial charge is 0.347 e. The monoisotopic (exact) mass is 970 g/mol. The van der Waals surface area contributed by atoms with E-state index in [2.05, 4.69) is 5.32 Å². The highest BCUT2D eigenvalue weighted by Crippen LogP contribution is 2.42. The lowest BCUT2D eigenvalue weighted by atomic mass is 10.1. The number of carbonyl (C=O) groups is 9. The number of fused-ring (bicyclic) bond motifs is 1. The number of hydrogen-bond acceptors (Lipinski definition) is 23. The Labute approximate surface area is 373 Å². The van der Waals surface area contributed by atoms with E-state index >= 15 is 0 Å². The van der Waals surface area contributed by atoms with E-state index in [4.69, 9.17) is 37.9 Å². The zero-order chi connectivity index (χ0) is 49.0. The maximum absolute atomic E-state index is 13.1. The van der Waals surface area contributed by atoms with Crippen LogP contribution in [0.5, 0.6) is 0 Å². The first kappa shape index (κ1) is 54.9. The summed E-state index contributed by atoms with van der Waals surface area (Å²) in [6, 6.07) is 0.718. The van der Waals surface area contributed by atoms with E-state index in [1.54, 1.807) is 18.6 Å². The molecule has 0 spiro atoms. The van der Waals surface area contributed by atoms with Crippen molar-refractivity contribution in [1.82, 2.24) is 10.0 Å². The molecule has 8 unspecified atom stereocenters. The maximum Gasteiger partial charge on any atom is 0.347 e. The highest BCUT2D eigenvalue weighted by molar-refractivity contribution is 7.95. The normalized spacial score (nSPS) is 19.2. The first-order chi connectivity index (χ1) is 29.6. The Bertz CT molecular complexity index is 2150. The fraction of sp³-hybridized carbons (Fsp3) is 0.658. The first-order valence-electron chi connectivity index (χ1n) is 19.9. The zero-order valence-corrected chi connectivity index (χ0v) is 39.4. The quantitative estimate of drug-likeness (QED) is 0.121. The van der Waals surface area contributed by atoms with Crippen molar-refractivity contribution < 1.29 is 97.9 Å². The van der Waals surface area contributed by atoms with Crippen LogP contribution in [0, 0.1) is 0 Å². The molecule has 1 aromatic heterocycles. The molecule has 1 aliphatic heterocycles. The molecule has 0 aliphatic carbocycles. The van der Waals surface area contributed by atoms with Gasteiger partial charge in [-0.25, -0.2) is 55.1 Å². The van der Waals surface area contributed by atoms with E-state index in [1.165, 1.54) is 19.9 Å². The molecule has 2 N–H and O–H groups in total. The number of esters is 8. The Kier molecular flexibility index (Phi) is 20.3.